The molecule has 0 bridgehead atoms. The summed E-state index contributed by atoms with van der Waals surface area (Å²) in [6.07, 6.45) is 4.91. The third-order valence-corrected chi connectivity index (χ3v) is 7.98. The zero-order valence-corrected chi connectivity index (χ0v) is 23.1. The average Bonchev–Trinajstić information content (AvgIpc) is 3.66. The summed E-state index contributed by atoms with van der Waals surface area (Å²) in [5.74, 6) is 0.767. The lowest BCUT2D eigenvalue weighted by atomic mass is 9.98. The van der Waals surface area contributed by atoms with Crippen LogP contribution in [0, 0.1) is 22.7 Å². The summed E-state index contributed by atoms with van der Waals surface area (Å²) in [6, 6.07) is 8.60. The van der Waals surface area contributed by atoms with Crippen molar-refractivity contribution in [3.8, 4) is 12.1 Å². The lowest BCUT2D eigenvalue weighted by Crippen LogP contribution is -2.62. The summed E-state index contributed by atoms with van der Waals surface area (Å²) in [6.45, 7) is 3.34. The number of carbonyl (C=O) groups excluding carboxylic acids is 1. The maximum Gasteiger partial charge on any atom is 0.407 e. The van der Waals surface area contributed by atoms with Gasteiger partial charge >= 0.3 is 6.09 Å². The van der Waals surface area contributed by atoms with E-state index in [-0.39, 0.29) is 29.3 Å². The van der Waals surface area contributed by atoms with E-state index in [4.69, 9.17) is 16.3 Å². The standard InChI is InChI=1S/C26H28ClN11O2.H2O/c1-40-26(39)32-17-4-6-36(7-5-17)19-13-37(14-19)21-9-15(10-28)8-20(22(21)27)33-25-34-23(31-16-2-3-16)24-30-12-18(11-29)38(24)35-25;/h8-9,12,16-17,19H,2-7,13-14H2,1H3,(H,32,39)(H2,31,33,34,35);1H2. The molecule has 2 saturated heterocycles. The smallest absolute Gasteiger partial charge is 0.407 e. The molecule has 3 aliphatic rings. The maximum atomic E-state index is 11.5. The number of carbonyl (C=O) groups is 1. The lowest BCUT2D eigenvalue weighted by molar-refractivity contribution is 0.116. The molecule has 214 valence electrons. The lowest BCUT2D eigenvalue weighted by Gasteiger charge is -2.49. The van der Waals surface area contributed by atoms with Gasteiger partial charge in [-0.05, 0) is 37.8 Å². The first-order valence-corrected chi connectivity index (χ1v) is 13.6. The highest BCUT2D eigenvalue weighted by atomic mass is 35.5. The van der Waals surface area contributed by atoms with Crippen molar-refractivity contribution in [1.82, 2.24) is 29.8 Å². The molecule has 0 spiro atoms. The summed E-state index contributed by atoms with van der Waals surface area (Å²) in [5, 5.41) is 33.6. The number of hydrogen-bond donors (Lipinski definition) is 3. The molecule has 2 aliphatic heterocycles. The summed E-state index contributed by atoms with van der Waals surface area (Å²) in [5.41, 5.74) is 2.48. The Morgan fingerprint density at radius 3 is 2.54 bits per heavy atom. The van der Waals surface area contributed by atoms with Crippen molar-refractivity contribution >= 4 is 46.5 Å². The Balaban J connectivity index is 0.00000337. The van der Waals surface area contributed by atoms with Gasteiger partial charge in [0.05, 0.1) is 41.3 Å². The van der Waals surface area contributed by atoms with Gasteiger partial charge in [-0.1, -0.05) is 11.6 Å². The van der Waals surface area contributed by atoms with Gasteiger partial charge in [0, 0.05) is 44.3 Å². The predicted molar refractivity (Wildman–Crippen MR) is 151 cm³/mol. The van der Waals surface area contributed by atoms with Crippen LogP contribution in [0.25, 0.3) is 5.65 Å². The van der Waals surface area contributed by atoms with Gasteiger partial charge in [-0.15, -0.1) is 5.10 Å². The fourth-order valence-corrected chi connectivity index (χ4v) is 5.44. The second kappa shape index (κ2) is 11.6. The van der Waals surface area contributed by atoms with Crippen molar-refractivity contribution in [1.29, 1.82) is 10.5 Å². The molecule has 14 nitrogen and oxygen atoms in total. The predicted octanol–water partition coefficient (Wildman–Crippen LogP) is 2.02. The minimum absolute atomic E-state index is 0. The second-order valence-corrected chi connectivity index (χ2v) is 10.7. The first-order valence-electron chi connectivity index (χ1n) is 13.2. The molecule has 0 unspecified atom stereocenters. The van der Waals surface area contributed by atoms with Crippen LogP contribution in [0.1, 0.15) is 36.9 Å². The van der Waals surface area contributed by atoms with Gasteiger partial charge in [-0.3, -0.25) is 4.90 Å². The zero-order chi connectivity index (χ0) is 27.8. The molecule has 41 heavy (non-hydrogen) atoms. The van der Waals surface area contributed by atoms with Gasteiger partial charge in [-0.25, -0.2) is 9.78 Å². The van der Waals surface area contributed by atoms with Crippen LogP contribution in [-0.2, 0) is 4.74 Å². The van der Waals surface area contributed by atoms with E-state index in [1.54, 1.807) is 12.1 Å². The van der Waals surface area contributed by atoms with Crippen LogP contribution in [0.5, 0.6) is 0 Å². The van der Waals surface area contributed by atoms with E-state index in [0.717, 1.165) is 57.5 Å². The normalized spacial score (nSPS) is 17.6. The fourth-order valence-electron chi connectivity index (χ4n) is 5.16. The topological polar surface area (TPSA) is 191 Å². The van der Waals surface area contributed by atoms with Gasteiger partial charge in [0.25, 0.3) is 0 Å². The van der Waals surface area contributed by atoms with Crippen molar-refractivity contribution in [3.05, 3.63) is 34.6 Å². The number of fused-ring (bicyclic) bond motifs is 1. The number of methoxy groups -OCH3 is 1. The summed E-state index contributed by atoms with van der Waals surface area (Å²) in [7, 11) is 1.38. The SMILES string of the molecule is COC(=O)NC1CCN(C2CN(c3cc(C#N)cc(Nc4nc(NC5CC5)c5ncc(C#N)n5n4)c3Cl)C2)CC1.O. The molecule has 2 aromatic heterocycles. The third kappa shape index (κ3) is 5.76. The number of aromatic nitrogens is 4. The van der Waals surface area contributed by atoms with Gasteiger partial charge in [0.1, 0.15) is 6.07 Å². The van der Waals surface area contributed by atoms with Crippen molar-refractivity contribution in [3.63, 3.8) is 0 Å². The van der Waals surface area contributed by atoms with Crippen molar-refractivity contribution < 1.29 is 15.0 Å². The quantitative estimate of drug-likeness (QED) is 0.371. The number of halogens is 1. The van der Waals surface area contributed by atoms with Crippen molar-refractivity contribution in [2.45, 2.75) is 43.8 Å². The number of alkyl carbamates (subject to hydrolysis) is 1. The van der Waals surface area contributed by atoms with E-state index in [1.165, 1.54) is 17.8 Å². The van der Waals surface area contributed by atoms with Gasteiger partial charge in [0.15, 0.2) is 17.2 Å². The van der Waals surface area contributed by atoms with Crippen LogP contribution < -0.4 is 20.9 Å². The minimum atomic E-state index is -0.388. The molecule has 1 saturated carbocycles. The largest absolute Gasteiger partial charge is 0.453 e. The first kappa shape index (κ1) is 28.2. The summed E-state index contributed by atoms with van der Waals surface area (Å²) in [4.78, 5) is 25.0. The van der Waals surface area contributed by atoms with Gasteiger partial charge in [0.2, 0.25) is 5.95 Å². The number of nitriles is 2. The molecule has 0 atom stereocenters. The van der Waals surface area contributed by atoms with Crippen molar-refractivity contribution in [2.75, 3.05) is 48.8 Å². The number of ether oxygens (including phenoxy) is 1. The Hall–Kier alpha value is -4.37. The van der Waals surface area contributed by atoms with E-state index in [2.05, 4.69) is 53.0 Å². The highest BCUT2D eigenvalue weighted by molar-refractivity contribution is 6.36. The molecular formula is C26H30ClN11O3. The number of hydrogen-bond acceptors (Lipinski definition) is 11. The summed E-state index contributed by atoms with van der Waals surface area (Å²) < 4.78 is 6.16. The Bertz CT molecular complexity index is 1530. The average molecular weight is 580 g/mol. The van der Waals surface area contributed by atoms with Crippen LogP contribution in [0.4, 0.5) is 27.9 Å². The van der Waals surface area contributed by atoms with Crippen LogP contribution >= 0.6 is 11.6 Å². The van der Waals surface area contributed by atoms with E-state index in [9.17, 15) is 15.3 Å². The third-order valence-electron chi connectivity index (χ3n) is 7.58. The number of nitrogens with zero attached hydrogens (tertiary/aromatic N) is 8. The molecule has 0 radical (unpaired) electrons. The van der Waals surface area contributed by atoms with Crippen LogP contribution in [-0.4, -0.2) is 87.5 Å². The molecular weight excluding hydrogens is 550 g/mol. The Kier molecular flexibility index (Phi) is 7.99. The highest BCUT2D eigenvalue weighted by Gasteiger charge is 2.35. The number of nitrogens with one attached hydrogen (secondary N) is 3. The fraction of sp³-hybridized carbons (Fsp3) is 0.462. The van der Waals surface area contributed by atoms with Crippen LogP contribution in [0.3, 0.4) is 0 Å². The van der Waals surface area contributed by atoms with Gasteiger partial charge in [-0.2, -0.15) is 20.0 Å². The molecule has 1 amide bonds. The van der Waals surface area contributed by atoms with Gasteiger partial charge < -0.3 is 31.1 Å². The molecule has 3 aromatic rings. The molecule has 3 fully saturated rings. The number of rotatable bonds is 7. The molecule has 5 N–H and O–H groups in total. The monoisotopic (exact) mass is 579 g/mol. The molecule has 1 aliphatic carbocycles. The minimum Gasteiger partial charge on any atom is -0.453 e. The van der Waals surface area contributed by atoms with E-state index < -0.39 is 0 Å². The summed E-state index contributed by atoms with van der Waals surface area (Å²) >= 11 is 6.88. The molecule has 15 heteroatoms. The zero-order valence-electron chi connectivity index (χ0n) is 22.4. The Morgan fingerprint density at radius 1 is 1.12 bits per heavy atom. The van der Waals surface area contributed by atoms with E-state index >= 15 is 0 Å². The maximum absolute atomic E-state index is 11.5. The van der Waals surface area contributed by atoms with E-state index in [0.29, 0.717) is 39.8 Å². The Morgan fingerprint density at radius 2 is 1.88 bits per heavy atom. The highest BCUT2D eigenvalue weighted by Crippen LogP contribution is 2.39. The molecule has 4 heterocycles. The number of anilines is 4. The molecule has 6 rings (SSSR count). The van der Waals surface area contributed by atoms with E-state index in [1.807, 2.05) is 0 Å². The Labute approximate surface area is 241 Å². The molecule has 1 aromatic carbocycles. The van der Waals surface area contributed by atoms with Crippen LogP contribution in [0.15, 0.2) is 18.3 Å². The van der Waals surface area contributed by atoms with Crippen LogP contribution in [0.2, 0.25) is 5.02 Å². The number of benzene rings is 1. The first-order chi connectivity index (χ1) is 19.4. The number of piperidine rings is 1. The second-order valence-electron chi connectivity index (χ2n) is 10.3. The number of likely N-dealkylation sites (tertiary alicyclic amines) is 1. The van der Waals surface area contributed by atoms with Crippen molar-refractivity contribution in [2.24, 2.45) is 0 Å². The number of imidazole rings is 1. The number of amides is 1.